The van der Waals surface area contributed by atoms with E-state index in [1.54, 1.807) is 10.9 Å². The molecule has 1 aliphatic rings. The molecule has 0 N–H and O–H groups in total. The monoisotopic (exact) mass is 349 g/mol. The van der Waals surface area contributed by atoms with Gasteiger partial charge >= 0.3 is 0 Å². The number of rotatable bonds is 5. The maximum absolute atomic E-state index is 12.4. The summed E-state index contributed by atoms with van der Waals surface area (Å²) in [4.78, 5) is 23.7. The van der Waals surface area contributed by atoms with Crippen LogP contribution in [0.1, 0.15) is 25.6 Å². The highest BCUT2D eigenvalue weighted by molar-refractivity contribution is 5.85. The van der Waals surface area contributed by atoms with E-state index in [4.69, 9.17) is 0 Å². The average molecular weight is 349 g/mol. The maximum atomic E-state index is 12.4. The average Bonchev–Trinajstić information content (AvgIpc) is 3.23. The Bertz CT molecular complexity index is 948. The Labute approximate surface area is 152 Å². The largest absolute Gasteiger partial charge is 0.298 e. The van der Waals surface area contributed by atoms with Crippen LogP contribution in [0, 0.1) is 0 Å². The van der Waals surface area contributed by atoms with Gasteiger partial charge in [-0.25, -0.2) is 9.97 Å². The van der Waals surface area contributed by atoms with Gasteiger partial charge in [-0.3, -0.25) is 14.4 Å². The maximum Gasteiger partial charge on any atom is 0.154 e. The van der Waals surface area contributed by atoms with Crippen LogP contribution in [0.2, 0.25) is 0 Å². The summed E-state index contributed by atoms with van der Waals surface area (Å²) in [6.07, 6.45) is 8.26. The number of likely N-dealkylation sites (tertiary alicyclic amines) is 1. The van der Waals surface area contributed by atoms with Gasteiger partial charge in [0.15, 0.2) is 5.78 Å². The summed E-state index contributed by atoms with van der Waals surface area (Å²) in [5, 5.41) is 5.19. The lowest BCUT2D eigenvalue weighted by molar-refractivity contribution is -0.119. The number of Topliss-reactive ketones (excluding diaryl/α,β-unsaturated/α-hetero) is 1. The molecular formula is C20H23N5O. The third-order valence-corrected chi connectivity index (χ3v) is 5.10. The van der Waals surface area contributed by atoms with E-state index in [2.05, 4.69) is 26.9 Å². The second-order valence-electron chi connectivity index (χ2n) is 7.14. The molecule has 0 spiro atoms. The summed E-state index contributed by atoms with van der Waals surface area (Å²) in [6.45, 7) is 3.70. The topological polar surface area (TPSA) is 63.9 Å². The van der Waals surface area contributed by atoms with Crippen molar-refractivity contribution in [3.8, 4) is 11.1 Å². The molecule has 2 aromatic heterocycles. The van der Waals surface area contributed by atoms with Crippen LogP contribution in [-0.2, 0) is 18.3 Å². The van der Waals surface area contributed by atoms with Gasteiger partial charge in [-0.1, -0.05) is 12.1 Å². The van der Waals surface area contributed by atoms with E-state index in [1.165, 1.54) is 12.8 Å². The Morgan fingerprint density at radius 1 is 1.27 bits per heavy atom. The third-order valence-electron chi connectivity index (χ3n) is 5.10. The molecule has 0 unspecified atom stereocenters. The van der Waals surface area contributed by atoms with Crippen LogP contribution in [0.15, 0.2) is 36.8 Å². The first kappa shape index (κ1) is 16.8. The minimum Gasteiger partial charge on any atom is -0.298 e. The zero-order valence-electron chi connectivity index (χ0n) is 15.2. The smallest absolute Gasteiger partial charge is 0.154 e. The van der Waals surface area contributed by atoms with E-state index in [0.717, 1.165) is 28.6 Å². The van der Waals surface area contributed by atoms with Gasteiger partial charge in [0.1, 0.15) is 5.82 Å². The van der Waals surface area contributed by atoms with Gasteiger partial charge < -0.3 is 0 Å². The second-order valence-corrected chi connectivity index (χ2v) is 7.14. The van der Waals surface area contributed by atoms with Crippen molar-refractivity contribution in [1.29, 1.82) is 0 Å². The molecule has 3 heterocycles. The van der Waals surface area contributed by atoms with Crippen molar-refractivity contribution in [2.75, 3.05) is 13.1 Å². The van der Waals surface area contributed by atoms with Crippen LogP contribution in [0.4, 0.5) is 0 Å². The van der Waals surface area contributed by atoms with Gasteiger partial charge in [0.25, 0.3) is 0 Å². The Hall–Kier alpha value is -2.60. The lowest BCUT2D eigenvalue weighted by Gasteiger charge is -2.19. The zero-order valence-corrected chi connectivity index (χ0v) is 15.2. The normalized spacial score (nSPS) is 17.8. The van der Waals surface area contributed by atoms with Crippen LogP contribution in [0.5, 0.6) is 0 Å². The van der Waals surface area contributed by atoms with Gasteiger partial charge in [-0.2, -0.15) is 5.10 Å². The number of carbonyl (C=O) groups is 1. The Kier molecular flexibility index (Phi) is 4.51. The number of hydrogen-bond donors (Lipinski definition) is 0. The summed E-state index contributed by atoms with van der Waals surface area (Å²) in [7, 11) is 1.90. The summed E-state index contributed by atoms with van der Waals surface area (Å²) in [5.41, 5.74) is 2.97. The van der Waals surface area contributed by atoms with Gasteiger partial charge in [-0.05, 0) is 37.9 Å². The predicted molar refractivity (Wildman–Crippen MR) is 101 cm³/mol. The molecule has 3 aromatic rings. The van der Waals surface area contributed by atoms with Crippen molar-refractivity contribution >= 4 is 16.7 Å². The van der Waals surface area contributed by atoms with Crippen LogP contribution in [0.3, 0.4) is 0 Å². The molecule has 1 atom stereocenters. The number of aryl methyl sites for hydroxylation is 1. The first-order chi connectivity index (χ1) is 12.6. The van der Waals surface area contributed by atoms with E-state index in [0.29, 0.717) is 18.4 Å². The van der Waals surface area contributed by atoms with Crippen molar-refractivity contribution in [3.05, 3.63) is 42.6 Å². The number of nitrogens with zero attached hydrogens (tertiary/aromatic N) is 5. The van der Waals surface area contributed by atoms with Crippen molar-refractivity contribution in [3.63, 3.8) is 0 Å². The third kappa shape index (κ3) is 3.51. The molecule has 6 heteroatoms. The van der Waals surface area contributed by atoms with E-state index in [1.807, 2.05) is 37.6 Å². The van der Waals surface area contributed by atoms with Crippen molar-refractivity contribution in [2.45, 2.75) is 32.2 Å². The second kappa shape index (κ2) is 6.96. The molecule has 0 radical (unpaired) electrons. The number of hydrogen-bond acceptors (Lipinski definition) is 5. The Morgan fingerprint density at radius 3 is 2.88 bits per heavy atom. The molecule has 1 aliphatic heterocycles. The van der Waals surface area contributed by atoms with Crippen LogP contribution in [0.25, 0.3) is 22.0 Å². The molecule has 4 rings (SSSR count). The first-order valence-corrected chi connectivity index (χ1v) is 9.09. The molecule has 0 amide bonds. The minimum absolute atomic E-state index is 0.182. The summed E-state index contributed by atoms with van der Waals surface area (Å²) >= 11 is 0. The Morgan fingerprint density at radius 2 is 2.15 bits per heavy atom. The molecule has 0 saturated carbocycles. The van der Waals surface area contributed by atoms with Crippen LogP contribution >= 0.6 is 0 Å². The SMILES string of the molecule is C[C@@H]1CCCN1CC(=O)Cc1ncc2ccc(-c3cnn(C)c3)cc2n1. The number of aromatic nitrogens is 4. The molecule has 1 saturated heterocycles. The predicted octanol–water partition coefficient (Wildman–Crippen LogP) is 2.63. The van der Waals surface area contributed by atoms with Crippen LogP contribution in [-0.4, -0.2) is 49.6 Å². The molecular weight excluding hydrogens is 326 g/mol. The summed E-state index contributed by atoms with van der Waals surface area (Å²) in [5.74, 6) is 0.777. The molecule has 26 heavy (non-hydrogen) atoms. The minimum atomic E-state index is 0.182. The van der Waals surface area contributed by atoms with Crippen molar-refractivity contribution in [2.24, 2.45) is 7.05 Å². The molecule has 0 aliphatic carbocycles. The fraction of sp³-hybridized carbons (Fsp3) is 0.400. The standard InChI is InChI=1S/C20H23N5O/c1-14-4-3-7-25(14)13-18(26)9-20-21-10-16-6-5-15(8-19(16)23-20)17-11-22-24(2)12-17/h5-6,8,10-12,14H,3-4,7,9,13H2,1-2H3/t14-/m1/s1. The highest BCUT2D eigenvalue weighted by Crippen LogP contribution is 2.23. The zero-order chi connectivity index (χ0) is 18.1. The van der Waals surface area contributed by atoms with Gasteiger partial charge in [0.05, 0.1) is 24.7 Å². The van der Waals surface area contributed by atoms with E-state index < -0.39 is 0 Å². The quantitative estimate of drug-likeness (QED) is 0.708. The number of carbonyl (C=O) groups excluding carboxylic acids is 1. The number of benzene rings is 1. The highest BCUT2D eigenvalue weighted by atomic mass is 16.1. The fourth-order valence-corrected chi connectivity index (χ4v) is 3.58. The van der Waals surface area contributed by atoms with Gasteiger partial charge in [0.2, 0.25) is 0 Å². The summed E-state index contributed by atoms with van der Waals surface area (Å²) in [6, 6.07) is 6.58. The molecule has 1 aromatic carbocycles. The van der Waals surface area contributed by atoms with Gasteiger partial charge in [0, 0.05) is 36.4 Å². The number of fused-ring (bicyclic) bond motifs is 1. The van der Waals surface area contributed by atoms with Gasteiger partial charge in [-0.15, -0.1) is 0 Å². The van der Waals surface area contributed by atoms with Crippen LogP contribution < -0.4 is 0 Å². The van der Waals surface area contributed by atoms with E-state index >= 15 is 0 Å². The molecule has 1 fully saturated rings. The van der Waals surface area contributed by atoms with Crippen molar-refractivity contribution < 1.29 is 4.79 Å². The Balaban J connectivity index is 1.53. The summed E-state index contributed by atoms with van der Waals surface area (Å²) < 4.78 is 1.78. The highest BCUT2D eigenvalue weighted by Gasteiger charge is 2.22. The fourth-order valence-electron chi connectivity index (χ4n) is 3.58. The number of ketones is 1. The van der Waals surface area contributed by atoms with E-state index in [9.17, 15) is 4.79 Å². The lowest BCUT2D eigenvalue weighted by Crippen LogP contribution is -2.33. The molecule has 134 valence electrons. The lowest BCUT2D eigenvalue weighted by atomic mass is 10.1. The van der Waals surface area contributed by atoms with E-state index in [-0.39, 0.29) is 12.2 Å². The molecule has 6 nitrogen and oxygen atoms in total. The van der Waals surface area contributed by atoms with Crippen molar-refractivity contribution in [1.82, 2.24) is 24.6 Å². The molecule has 0 bridgehead atoms. The first-order valence-electron chi connectivity index (χ1n) is 9.09.